The number of carbonyl (C=O) groups is 1. The lowest BCUT2D eigenvalue weighted by Crippen LogP contribution is -2.35. The Balaban J connectivity index is 2.10. The van der Waals surface area contributed by atoms with Gasteiger partial charge in [0.1, 0.15) is 0 Å². The van der Waals surface area contributed by atoms with Gasteiger partial charge in [-0.3, -0.25) is 4.79 Å². The Bertz CT molecular complexity index is 221. The van der Waals surface area contributed by atoms with Crippen molar-refractivity contribution in [3.63, 3.8) is 0 Å². The Morgan fingerprint density at radius 1 is 1.56 bits per heavy atom. The first-order valence-corrected chi connectivity index (χ1v) is 6.24. The molecule has 4 heteroatoms. The zero-order valence-corrected chi connectivity index (χ0v) is 10.3. The summed E-state index contributed by atoms with van der Waals surface area (Å²) in [6.45, 7) is 6.84. The normalized spacial score (nSPS) is 26.7. The number of hydrogen-bond acceptors (Lipinski definition) is 3. The van der Waals surface area contributed by atoms with Crippen LogP contribution in [0.4, 0.5) is 0 Å². The molecule has 0 radical (unpaired) electrons. The maximum Gasteiger partial charge on any atom is 0.224 e. The molecule has 1 saturated heterocycles. The van der Waals surface area contributed by atoms with E-state index < -0.39 is 0 Å². The molecule has 3 atom stereocenters. The Kier molecular flexibility index (Phi) is 5.77. The van der Waals surface area contributed by atoms with E-state index in [9.17, 15) is 4.79 Å². The molecule has 0 bridgehead atoms. The summed E-state index contributed by atoms with van der Waals surface area (Å²) >= 11 is 0. The van der Waals surface area contributed by atoms with E-state index in [-0.39, 0.29) is 18.4 Å². The largest absolute Gasteiger partial charge is 0.396 e. The van der Waals surface area contributed by atoms with Crippen molar-refractivity contribution in [1.29, 1.82) is 0 Å². The average Bonchev–Trinajstić information content (AvgIpc) is 2.70. The molecule has 1 unspecified atom stereocenters. The fraction of sp³-hybridized carbons (Fsp3) is 0.917. The summed E-state index contributed by atoms with van der Waals surface area (Å²) in [7, 11) is 0. The summed E-state index contributed by atoms with van der Waals surface area (Å²) in [5.74, 6) is 1.09. The van der Waals surface area contributed by atoms with E-state index in [0.29, 0.717) is 11.8 Å². The van der Waals surface area contributed by atoms with Crippen LogP contribution in [0, 0.1) is 17.8 Å². The smallest absolute Gasteiger partial charge is 0.224 e. The number of amides is 1. The molecule has 1 fully saturated rings. The second-order valence-corrected chi connectivity index (χ2v) is 4.96. The Morgan fingerprint density at radius 2 is 2.31 bits per heavy atom. The first-order chi connectivity index (χ1) is 7.65. The number of aliphatic hydroxyl groups excluding tert-OH is 1. The lowest BCUT2D eigenvalue weighted by Gasteiger charge is -2.14. The van der Waals surface area contributed by atoms with Crippen LogP contribution >= 0.6 is 0 Å². The maximum atomic E-state index is 11.8. The van der Waals surface area contributed by atoms with Crippen LogP contribution in [-0.4, -0.2) is 37.3 Å². The highest BCUT2D eigenvalue weighted by atomic mass is 16.3. The van der Waals surface area contributed by atoms with Gasteiger partial charge in [-0.05, 0) is 31.2 Å². The molecule has 1 aliphatic heterocycles. The summed E-state index contributed by atoms with van der Waals surface area (Å²) in [5.41, 5.74) is 0. The molecule has 0 aromatic carbocycles. The van der Waals surface area contributed by atoms with Crippen molar-refractivity contribution >= 4 is 5.91 Å². The third-order valence-corrected chi connectivity index (χ3v) is 3.34. The summed E-state index contributed by atoms with van der Waals surface area (Å²) < 4.78 is 0. The third-order valence-electron chi connectivity index (χ3n) is 3.34. The van der Waals surface area contributed by atoms with E-state index in [1.165, 1.54) is 0 Å². The van der Waals surface area contributed by atoms with Crippen LogP contribution in [-0.2, 0) is 4.79 Å². The van der Waals surface area contributed by atoms with Crippen molar-refractivity contribution in [1.82, 2.24) is 10.6 Å². The van der Waals surface area contributed by atoms with Crippen LogP contribution in [0.1, 0.15) is 26.7 Å². The highest BCUT2D eigenvalue weighted by Gasteiger charge is 2.28. The van der Waals surface area contributed by atoms with Crippen LogP contribution in [0.25, 0.3) is 0 Å². The second kappa shape index (κ2) is 6.86. The van der Waals surface area contributed by atoms with E-state index >= 15 is 0 Å². The van der Waals surface area contributed by atoms with Gasteiger partial charge in [-0.1, -0.05) is 13.8 Å². The van der Waals surface area contributed by atoms with E-state index in [1.54, 1.807) is 0 Å². The molecule has 1 amide bonds. The number of rotatable bonds is 6. The Morgan fingerprint density at radius 3 is 2.88 bits per heavy atom. The van der Waals surface area contributed by atoms with Crippen molar-refractivity contribution in [2.75, 3.05) is 26.2 Å². The van der Waals surface area contributed by atoms with Gasteiger partial charge in [-0.2, -0.15) is 0 Å². The fourth-order valence-corrected chi connectivity index (χ4v) is 2.05. The quantitative estimate of drug-likeness (QED) is 0.576. The van der Waals surface area contributed by atoms with Crippen molar-refractivity contribution < 1.29 is 9.90 Å². The van der Waals surface area contributed by atoms with Gasteiger partial charge >= 0.3 is 0 Å². The topological polar surface area (TPSA) is 61.4 Å². The molecule has 0 spiro atoms. The van der Waals surface area contributed by atoms with Crippen molar-refractivity contribution in [3.05, 3.63) is 0 Å². The predicted molar refractivity (Wildman–Crippen MR) is 64.0 cm³/mol. The molecule has 1 aliphatic rings. The van der Waals surface area contributed by atoms with Crippen LogP contribution < -0.4 is 10.6 Å². The van der Waals surface area contributed by atoms with Crippen LogP contribution in [0.5, 0.6) is 0 Å². The maximum absolute atomic E-state index is 11.8. The summed E-state index contributed by atoms with van der Waals surface area (Å²) in [6, 6.07) is 0. The van der Waals surface area contributed by atoms with Gasteiger partial charge in [-0.15, -0.1) is 0 Å². The van der Waals surface area contributed by atoms with Gasteiger partial charge in [0, 0.05) is 19.7 Å². The molecule has 94 valence electrons. The SMILES string of the molecule is CC(CO)CCCNC(=O)[C@@H]1CNC[C@H]1C. The first kappa shape index (κ1) is 13.5. The lowest BCUT2D eigenvalue weighted by molar-refractivity contribution is -0.125. The number of carbonyl (C=O) groups excluding carboxylic acids is 1. The molecular weight excluding hydrogens is 204 g/mol. The number of hydrogen-bond donors (Lipinski definition) is 3. The molecule has 1 heterocycles. The second-order valence-electron chi connectivity index (χ2n) is 4.96. The molecule has 3 N–H and O–H groups in total. The number of aliphatic hydroxyl groups is 1. The van der Waals surface area contributed by atoms with Crippen LogP contribution in [0.2, 0.25) is 0 Å². The molecular formula is C12H24N2O2. The minimum atomic E-state index is 0.135. The van der Waals surface area contributed by atoms with Crippen LogP contribution in [0.3, 0.4) is 0 Å². The highest BCUT2D eigenvalue weighted by molar-refractivity contribution is 5.79. The zero-order chi connectivity index (χ0) is 12.0. The average molecular weight is 228 g/mol. The standard InChI is InChI=1S/C12H24N2O2/c1-9(8-15)4-3-5-14-12(16)11-7-13-6-10(11)2/h9-11,13,15H,3-8H2,1-2H3,(H,14,16)/t9?,10-,11-/m1/s1. The molecule has 16 heavy (non-hydrogen) atoms. The van der Waals surface area contributed by atoms with Gasteiger partial charge in [0.15, 0.2) is 0 Å². The molecule has 0 saturated carbocycles. The lowest BCUT2D eigenvalue weighted by atomic mass is 9.97. The first-order valence-electron chi connectivity index (χ1n) is 6.24. The molecule has 4 nitrogen and oxygen atoms in total. The summed E-state index contributed by atoms with van der Waals surface area (Å²) in [5, 5.41) is 15.1. The van der Waals surface area contributed by atoms with Crippen LogP contribution in [0.15, 0.2) is 0 Å². The Labute approximate surface area is 97.8 Å². The molecule has 1 rings (SSSR count). The van der Waals surface area contributed by atoms with Gasteiger partial charge in [0.25, 0.3) is 0 Å². The van der Waals surface area contributed by atoms with E-state index in [2.05, 4.69) is 17.6 Å². The van der Waals surface area contributed by atoms with E-state index in [4.69, 9.17) is 5.11 Å². The molecule has 0 aromatic heterocycles. The molecule has 0 aromatic rings. The molecule has 0 aliphatic carbocycles. The number of nitrogens with one attached hydrogen (secondary N) is 2. The summed E-state index contributed by atoms with van der Waals surface area (Å²) in [6.07, 6.45) is 1.91. The fourth-order valence-electron chi connectivity index (χ4n) is 2.05. The summed E-state index contributed by atoms with van der Waals surface area (Å²) in [4.78, 5) is 11.8. The minimum absolute atomic E-state index is 0.135. The highest BCUT2D eigenvalue weighted by Crippen LogP contribution is 2.15. The van der Waals surface area contributed by atoms with Crippen molar-refractivity contribution in [2.45, 2.75) is 26.7 Å². The predicted octanol–water partition coefficient (Wildman–Crippen LogP) is 0.367. The van der Waals surface area contributed by atoms with Gasteiger partial charge < -0.3 is 15.7 Å². The van der Waals surface area contributed by atoms with Crippen molar-refractivity contribution in [2.24, 2.45) is 17.8 Å². The van der Waals surface area contributed by atoms with E-state index in [1.807, 2.05) is 6.92 Å². The third kappa shape index (κ3) is 4.10. The van der Waals surface area contributed by atoms with Crippen molar-refractivity contribution in [3.8, 4) is 0 Å². The van der Waals surface area contributed by atoms with Gasteiger partial charge in [0.2, 0.25) is 5.91 Å². The van der Waals surface area contributed by atoms with Gasteiger partial charge in [0.05, 0.1) is 5.92 Å². The monoisotopic (exact) mass is 228 g/mol. The minimum Gasteiger partial charge on any atom is -0.396 e. The van der Waals surface area contributed by atoms with Gasteiger partial charge in [-0.25, -0.2) is 0 Å². The Hall–Kier alpha value is -0.610. The van der Waals surface area contributed by atoms with E-state index in [0.717, 1.165) is 32.5 Å². The zero-order valence-electron chi connectivity index (χ0n) is 10.3.